The predicted molar refractivity (Wildman–Crippen MR) is 95.9 cm³/mol. The van der Waals surface area contributed by atoms with Crippen LogP contribution in [-0.2, 0) is 14.8 Å². The summed E-state index contributed by atoms with van der Waals surface area (Å²) in [7, 11) is -3.70. The van der Waals surface area contributed by atoms with Crippen LogP contribution >= 0.6 is 0 Å². The lowest BCUT2D eigenvalue weighted by Crippen LogP contribution is -2.52. The molecule has 1 amide bonds. The second-order valence-corrected chi connectivity index (χ2v) is 7.91. The number of nitrogens with two attached hydrogens (primary N) is 1. The summed E-state index contributed by atoms with van der Waals surface area (Å²) >= 11 is 0. The van der Waals surface area contributed by atoms with E-state index in [9.17, 15) is 13.2 Å². The third kappa shape index (κ3) is 4.58. The molecule has 0 aliphatic carbocycles. The number of ether oxygens (including phenoxy) is 1. The van der Waals surface area contributed by atoms with Gasteiger partial charge in [-0.3, -0.25) is 4.79 Å². The van der Waals surface area contributed by atoms with Gasteiger partial charge in [-0.15, -0.1) is 0 Å². The Balaban J connectivity index is 2.16. The van der Waals surface area contributed by atoms with Gasteiger partial charge in [0.15, 0.2) is 0 Å². The molecule has 1 aromatic rings. The Labute approximate surface area is 149 Å². The molecule has 0 atom stereocenters. The van der Waals surface area contributed by atoms with E-state index in [1.807, 2.05) is 13.8 Å². The van der Waals surface area contributed by atoms with Crippen LogP contribution in [-0.4, -0.2) is 57.6 Å². The molecule has 1 aliphatic heterocycles. The molecule has 0 saturated carbocycles. The summed E-state index contributed by atoms with van der Waals surface area (Å²) in [6, 6.07) is 6.02. The third-order valence-electron chi connectivity index (χ3n) is 4.81. The van der Waals surface area contributed by atoms with E-state index in [0.717, 1.165) is 0 Å². The van der Waals surface area contributed by atoms with E-state index < -0.39 is 15.6 Å². The molecular formula is C17H27N3O4S. The number of benzene rings is 1. The van der Waals surface area contributed by atoms with Crippen molar-refractivity contribution >= 4 is 15.9 Å². The highest BCUT2D eigenvalue weighted by atomic mass is 32.2. The van der Waals surface area contributed by atoms with E-state index in [1.165, 1.54) is 12.1 Å². The number of carbonyl (C=O) groups excluding carboxylic acids is 1. The minimum atomic E-state index is -3.70. The summed E-state index contributed by atoms with van der Waals surface area (Å²) in [5.74, 6) is -0.112. The maximum absolute atomic E-state index is 12.6. The van der Waals surface area contributed by atoms with Crippen molar-refractivity contribution in [3.05, 3.63) is 29.8 Å². The first kappa shape index (κ1) is 19.8. The highest BCUT2D eigenvalue weighted by Crippen LogP contribution is 2.19. The third-order valence-corrected chi connectivity index (χ3v) is 6.40. The Morgan fingerprint density at radius 2 is 1.76 bits per heavy atom. The Bertz CT molecular complexity index is 670. The highest BCUT2D eigenvalue weighted by molar-refractivity contribution is 7.89. The van der Waals surface area contributed by atoms with Crippen LogP contribution in [0.5, 0.6) is 0 Å². The Morgan fingerprint density at radius 3 is 2.24 bits per heavy atom. The number of amides is 1. The molecule has 8 heteroatoms. The number of sulfonamides is 1. The van der Waals surface area contributed by atoms with Crippen LogP contribution in [0.4, 0.5) is 0 Å². The molecule has 1 saturated heterocycles. The van der Waals surface area contributed by atoms with E-state index in [-0.39, 0.29) is 17.3 Å². The molecule has 0 bridgehead atoms. The lowest BCUT2D eigenvalue weighted by atomic mass is 9.95. The summed E-state index contributed by atoms with van der Waals surface area (Å²) in [6.07, 6.45) is 1.21. The molecule has 0 unspecified atom stereocenters. The molecule has 25 heavy (non-hydrogen) atoms. The second-order valence-electron chi connectivity index (χ2n) is 6.23. The Hall–Kier alpha value is -1.48. The summed E-state index contributed by atoms with van der Waals surface area (Å²) in [6.45, 7) is 6.19. The molecule has 0 spiro atoms. The van der Waals surface area contributed by atoms with Gasteiger partial charge in [0.2, 0.25) is 10.0 Å². The van der Waals surface area contributed by atoms with Gasteiger partial charge in [0.1, 0.15) is 0 Å². The minimum absolute atomic E-state index is 0.112. The van der Waals surface area contributed by atoms with Gasteiger partial charge in [0.05, 0.1) is 18.1 Å². The standard InChI is InChI=1S/C17H27N3O4S/c1-3-17(4-2,13-18)19-25(22,23)15-7-5-14(6-8-15)16(21)20-9-11-24-12-10-20/h5-8,19H,3-4,9-13,18H2,1-2H3. The Morgan fingerprint density at radius 1 is 1.20 bits per heavy atom. The van der Waals surface area contributed by atoms with Crippen LogP contribution in [0.2, 0.25) is 0 Å². The fourth-order valence-electron chi connectivity index (χ4n) is 2.79. The molecule has 1 fully saturated rings. The smallest absolute Gasteiger partial charge is 0.254 e. The van der Waals surface area contributed by atoms with Crippen molar-refractivity contribution in [1.82, 2.24) is 9.62 Å². The molecule has 1 heterocycles. The van der Waals surface area contributed by atoms with Gasteiger partial charge in [-0.25, -0.2) is 13.1 Å². The molecule has 0 aromatic heterocycles. The van der Waals surface area contributed by atoms with Crippen LogP contribution in [0.1, 0.15) is 37.0 Å². The van der Waals surface area contributed by atoms with E-state index in [1.54, 1.807) is 17.0 Å². The van der Waals surface area contributed by atoms with Crippen LogP contribution < -0.4 is 10.5 Å². The van der Waals surface area contributed by atoms with E-state index in [4.69, 9.17) is 10.5 Å². The van der Waals surface area contributed by atoms with Gasteiger partial charge < -0.3 is 15.4 Å². The van der Waals surface area contributed by atoms with Gasteiger partial charge in [0.25, 0.3) is 5.91 Å². The van der Waals surface area contributed by atoms with E-state index in [0.29, 0.717) is 44.7 Å². The lowest BCUT2D eigenvalue weighted by molar-refractivity contribution is 0.0303. The van der Waals surface area contributed by atoms with E-state index >= 15 is 0 Å². The normalized spacial score (nSPS) is 16.0. The number of nitrogens with zero attached hydrogens (tertiary/aromatic N) is 1. The minimum Gasteiger partial charge on any atom is -0.378 e. The largest absolute Gasteiger partial charge is 0.378 e. The van der Waals surface area contributed by atoms with Gasteiger partial charge in [0, 0.05) is 30.7 Å². The number of hydrogen-bond donors (Lipinski definition) is 2. The molecule has 140 valence electrons. The monoisotopic (exact) mass is 369 g/mol. The number of nitrogens with one attached hydrogen (secondary N) is 1. The SMILES string of the molecule is CCC(CC)(CN)NS(=O)(=O)c1ccc(C(=O)N2CCOCC2)cc1. The van der Waals surface area contributed by atoms with Crippen molar-refractivity contribution in [1.29, 1.82) is 0 Å². The van der Waals surface area contributed by atoms with Crippen molar-refractivity contribution in [2.45, 2.75) is 37.1 Å². The first-order chi connectivity index (χ1) is 11.9. The average Bonchev–Trinajstić information content (AvgIpc) is 2.66. The van der Waals surface area contributed by atoms with Gasteiger partial charge in [-0.2, -0.15) is 0 Å². The Kier molecular flexibility index (Phi) is 6.56. The number of carbonyl (C=O) groups is 1. The van der Waals surface area contributed by atoms with Crippen molar-refractivity contribution in [2.75, 3.05) is 32.8 Å². The van der Waals surface area contributed by atoms with Crippen LogP contribution in [0.25, 0.3) is 0 Å². The lowest BCUT2D eigenvalue weighted by Gasteiger charge is -2.31. The first-order valence-corrected chi connectivity index (χ1v) is 10.1. The van der Waals surface area contributed by atoms with Crippen molar-refractivity contribution in [3.63, 3.8) is 0 Å². The summed E-state index contributed by atoms with van der Waals surface area (Å²) in [5, 5.41) is 0. The quantitative estimate of drug-likeness (QED) is 0.745. The first-order valence-electron chi connectivity index (χ1n) is 8.58. The maximum Gasteiger partial charge on any atom is 0.254 e. The second kappa shape index (κ2) is 8.27. The summed E-state index contributed by atoms with van der Waals surface area (Å²) in [5.41, 5.74) is 5.59. The van der Waals surface area contributed by atoms with E-state index in [2.05, 4.69) is 4.72 Å². The number of morpholine rings is 1. The fraction of sp³-hybridized carbons (Fsp3) is 0.588. The molecule has 1 aromatic carbocycles. The zero-order chi connectivity index (χ0) is 18.5. The maximum atomic E-state index is 12.6. The summed E-state index contributed by atoms with van der Waals surface area (Å²) < 4.78 is 33.2. The highest BCUT2D eigenvalue weighted by Gasteiger charge is 2.31. The van der Waals surface area contributed by atoms with Crippen molar-refractivity contribution in [3.8, 4) is 0 Å². The van der Waals surface area contributed by atoms with Crippen LogP contribution in [0, 0.1) is 0 Å². The average molecular weight is 369 g/mol. The fourth-order valence-corrected chi connectivity index (χ4v) is 4.35. The molecule has 2 rings (SSSR count). The van der Waals surface area contributed by atoms with Gasteiger partial charge in [-0.05, 0) is 37.1 Å². The van der Waals surface area contributed by atoms with Gasteiger partial charge >= 0.3 is 0 Å². The predicted octanol–water partition coefficient (Wildman–Crippen LogP) is 0.955. The van der Waals surface area contributed by atoms with Crippen molar-refractivity contribution in [2.24, 2.45) is 5.73 Å². The molecule has 7 nitrogen and oxygen atoms in total. The molecule has 1 aliphatic rings. The topological polar surface area (TPSA) is 102 Å². The van der Waals surface area contributed by atoms with Crippen LogP contribution in [0.3, 0.4) is 0 Å². The molecular weight excluding hydrogens is 342 g/mol. The molecule has 3 N–H and O–H groups in total. The van der Waals surface area contributed by atoms with Crippen LogP contribution in [0.15, 0.2) is 29.2 Å². The number of hydrogen-bond acceptors (Lipinski definition) is 5. The summed E-state index contributed by atoms with van der Waals surface area (Å²) in [4.78, 5) is 14.3. The zero-order valence-corrected chi connectivity index (χ0v) is 15.6. The molecule has 0 radical (unpaired) electrons. The van der Waals surface area contributed by atoms with Crippen molar-refractivity contribution < 1.29 is 17.9 Å². The zero-order valence-electron chi connectivity index (χ0n) is 14.8. The number of rotatable bonds is 7. The van der Waals surface area contributed by atoms with Gasteiger partial charge in [-0.1, -0.05) is 13.8 Å².